The molecule has 1 heterocycles. The summed E-state index contributed by atoms with van der Waals surface area (Å²) < 4.78 is 45.2. The zero-order chi connectivity index (χ0) is 19.4. The van der Waals surface area contributed by atoms with Gasteiger partial charge in [-0.1, -0.05) is 12.1 Å². The third kappa shape index (κ3) is 4.00. The zero-order valence-corrected chi connectivity index (χ0v) is 14.1. The van der Waals surface area contributed by atoms with E-state index in [0.717, 1.165) is 12.1 Å². The van der Waals surface area contributed by atoms with Crippen LogP contribution in [0.5, 0.6) is 5.75 Å². The molecule has 2 aromatic carbocycles. The molecule has 27 heavy (non-hydrogen) atoms. The Bertz CT molecular complexity index is 996. The number of nitrogens with zero attached hydrogens (tertiary/aromatic N) is 1. The number of hydrogen-bond acceptors (Lipinski definition) is 4. The number of nitrogens with one attached hydrogen (secondary N) is 2. The van der Waals surface area contributed by atoms with Crippen LogP contribution in [0.15, 0.2) is 54.9 Å². The second-order valence-electron chi connectivity index (χ2n) is 5.46. The van der Waals surface area contributed by atoms with Gasteiger partial charge in [-0.25, -0.2) is 13.2 Å². The zero-order valence-electron chi connectivity index (χ0n) is 14.1. The molecule has 1 aromatic heterocycles. The summed E-state index contributed by atoms with van der Waals surface area (Å²) in [6, 6.07) is 10.3. The van der Waals surface area contributed by atoms with Crippen molar-refractivity contribution in [2.24, 2.45) is 0 Å². The predicted molar refractivity (Wildman–Crippen MR) is 94.8 cm³/mol. The van der Waals surface area contributed by atoms with E-state index in [0.29, 0.717) is 17.1 Å². The van der Waals surface area contributed by atoms with Crippen LogP contribution < -0.4 is 15.4 Å². The summed E-state index contributed by atoms with van der Waals surface area (Å²) in [7, 11) is 1.53. The van der Waals surface area contributed by atoms with E-state index in [1.54, 1.807) is 18.2 Å². The Morgan fingerprint density at radius 1 is 1.00 bits per heavy atom. The van der Waals surface area contributed by atoms with Crippen molar-refractivity contribution in [1.82, 2.24) is 4.98 Å². The summed E-state index contributed by atoms with van der Waals surface area (Å²) in [5.74, 6) is -4.60. The SMILES string of the molecule is COc1ccccc1Nc1cncc(C(=O)Nc2ccc(F)c(F)c2F)c1. The molecule has 2 N–H and O–H groups in total. The molecule has 0 saturated carbocycles. The summed E-state index contributed by atoms with van der Waals surface area (Å²) in [6.07, 6.45) is 2.75. The minimum atomic E-state index is -1.66. The molecule has 138 valence electrons. The molecule has 8 heteroatoms. The molecular formula is C19H14F3N3O2. The fraction of sp³-hybridized carbons (Fsp3) is 0.0526. The van der Waals surface area contributed by atoms with Gasteiger partial charge in [0.1, 0.15) is 5.75 Å². The van der Waals surface area contributed by atoms with Crippen LogP contribution in [0.25, 0.3) is 0 Å². The molecular weight excluding hydrogens is 359 g/mol. The lowest BCUT2D eigenvalue weighted by Crippen LogP contribution is -2.14. The molecule has 0 atom stereocenters. The van der Waals surface area contributed by atoms with Crippen molar-refractivity contribution in [2.75, 3.05) is 17.7 Å². The number of methoxy groups -OCH3 is 1. The van der Waals surface area contributed by atoms with E-state index >= 15 is 0 Å². The average molecular weight is 373 g/mol. The molecule has 3 rings (SSSR count). The highest BCUT2D eigenvalue weighted by atomic mass is 19.2. The first-order chi connectivity index (χ1) is 13.0. The van der Waals surface area contributed by atoms with Crippen LogP contribution >= 0.6 is 0 Å². The number of hydrogen-bond donors (Lipinski definition) is 2. The van der Waals surface area contributed by atoms with Crippen LogP contribution in [0.2, 0.25) is 0 Å². The summed E-state index contributed by atoms with van der Waals surface area (Å²) in [6.45, 7) is 0. The number of rotatable bonds is 5. The molecule has 0 aliphatic carbocycles. The fourth-order valence-electron chi connectivity index (χ4n) is 2.35. The molecule has 0 aliphatic rings. The van der Waals surface area contributed by atoms with Crippen molar-refractivity contribution in [2.45, 2.75) is 0 Å². The van der Waals surface area contributed by atoms with Gasteiger partial charge in [-0.3, -0.25) is 9.78 Å². The number of halogens is 3. The molecule has 0 radical (unpaired) electrons. The normalized spacial score (nSPS) is 10.4. The van der Waals surface area contributed by atoms with E-state index in [9.17, 15) is 18.0 Å². The lowest BCUT2D eigenvalue weighted by atomic mass is 10.2. The number of pyridine rings is 1. The van der Waals surface area contributed by atoms with Gasteiger partial charge in [-0.15, -0.1) is 0 Å². The van der Waals surface area contributed by atoms with Crippen LogP contribution in [0.3, 0.4) is 0 Å². The highest BCUT2D eigenvalue weighted by Gasteiger charge is 2.16. The maximum atomic E-state index is 13.7. The summed E-state index contributed by atoms with van der Waals surface area (Å²) in [4.78, 5) is 16.3. The highest BCUT2D eigenvalue weighted by Crippen LogP contribution is 2.27. The number of benzene rings is 2. The first-order valence-corrected chi connectivity index (χ1v) is 7.79. The molecule has 1 amide bonds. The van der Waals surface area contributed by atoms with E-state index < -0.39 is 29.0 Å². The quantitative estimate of drug-likeness (QED) is 0.647. The number of carbonyl (C=O) groups excluding carboxylic acids is 1. The maximum absolute atomic E-state index is 13.7. The number of carbonyl (C=O) groups is 1. The molecule has 0 saturated heterocycles. The molecule has 3 aromatic rings. The third-order valence-electron chi connectivity index (χ3n) is 3.67. The molecule has 0 bridgehead atoms. The Kier molecular flexibility index (Phi) is 5.25. The first kappa shape index (κ1) is 18.2. The minimum Gasteiger partial charge on any atom is -0.495 e. The van der Waals surface area contributed by atoms with Gasteiger partial charge in [-0.2, -0.15) is 0 Å². The van der Waals surface area contributed by atoms with Gasteiger partial charge in [0, 0.05) is 6.20 Å². The van der Waals surface area contributed by atoms with E-state index in [1.165, 1.54) is 25.6 Å². The topological polar surface area (TPSA) is 63.2 Å². The third-order valence-corrected chi connectivity index (χ3v) is 3.67. The van der Waals surface area contributed by atoms with Gasteiger partial charge < -0.3 is 15.4 Å². The van der Waals surface area contributed by atoms with Crippen molar-refractivity contribution in [3.8, 4) is 5.75 Å². The Balaban J connectivity index is 1.81. The average Bonchev–Trinajstić information content (AvgIpc) is 2.69. The lowest BCUT2D eigenvalue weighted by molar-refractivity contribution is 0.102. The van der Waals surface area contributed by atoms with E-state index in [1.807, 2.05) is 6.07 Å². The smallest absolute Gasteiger partial charge is 0.257 e. The van der Waals surface area contributed by atoms with Gasteiger partial charge in [0.2, 0.25) is 0 Å². The number of aromatic nitrogens is 1. The lowest BCUT2D eigenvalue weighted by Gasteiger charge is -2.12. The summed E-state index contributed by atoms with van der Waals surface area (Å²) >= 11 is 0. The largest absolute Gasteiger partial charge is 0.495 e. The van der Waals surface area contributed by atoms with Crippen LogP contribution in [-0.4, -0.2) is 18.0 Å². The monoisotopic (exact) mass is 373 g/mol. The van der Waals surface area contributed by atoms with E-state index in [2.05, 4.69) is 15.6 Å². The van der Waals surface area contributed by atoms with Crippen molar-refractivity contribution in [3.63, 3.8) is 0 Å². The Hall–Kier alpha value is -3.55. The summed E-state index contributed by atoms with van der Waals surface area (Å²) in [5, 5.41) is 5.25. The molecule has 5 nitrogen and oxygen atoms in total. The van der Waals surface area contributed by atoms with E-state index in [4.69, 9.17) is 4.74 Å². The molecule has 0 aliphatic heterocycles. The molecule has 0 fully saturated rings. The highest BCUT2D eigenvalue weighted by molar-refractivity contribution is 6.04. The Labute approximate surface area is 152 Å². The van der Waals surface area contributed by atoms with Crippen LogP contribution in [-0.2, 0) is 0 Å². The minimum absolute atomic E-state index is 0.0963. The van der Waals surface area contributed by atoms with Crippen LogP contribution in [0.4, 0.5) is 30.2 Å². The van der Waals surface area contributed by atoms with Gasteiger partial charge in [0.25, 0.3) is 5.91 Å². The molecule has 0 unspecified atom stereocenters. The molecule has 0 spiro atoms. The Morgan fingerprint density at radius 3 is 2.56 bits per heavy atom. The fourth-order valence-corrected chi connectivity index (χ4v) is 2.35. The number of ether oxygens (including phenoxy) is 1. The first-order valence-electron chi connectivity index (χ1n) is 7.79. The van der Waals surface area contributed by atoms with E-state index in [-0.39, 0.29) is 5.56 Å². The Morgan fingerprint density at radius 2 is 1.78 bits per heavy atom. The van der Waals surface area contributed by atoms with Crippen molar-refractivity contribution >= 4 is 23.0 Å². The number of amides is 1. The maximum Gasteiger partial charge on any atom is 0.257 e. The van der Waals surface area contributed by atoms with Crippen molar-refractivity contribution in [1.29, 1.82) is 0 Å². The van der Waals surface area contributed by atoms with Crippen molar-refractivity contribution in [3.05, 3.63) is 77.9 Å². The summed E-state index contributed by atoms with van der Waals surface area (Å²) in [5.41, 5.74) is 0.768. The van der Waals surface area contributed by atoms with Crippen LogP contribution in [0, 0.1) is 17.5 Å². The number of para-hydroxylation sites is 2. The van der Waals surface area contributed by atoms with Crippen LogP contribution in [0.1, 0.15) is 10.4 Å². The second-order valence-corrected chi connectivity index (χ2v) is 5.46. The van der Waals surface area contributed by atoms with Crippen molar-refractivity contribution < 1.29 is 22.7 Å². The van der Waals surface area contributed by atoms with Gasteiger partial charge in [0.15, 0.2) is 17.5 Å². The predicted octanol–water partition coefficient (Wildman–Crippen LogP) is 4.50. The van der Waals surface area contributed by atoms with Gasteiger partial charge in [0.05, 0.1) is 35.9 Å². The van der Waals surface area contributed by atoms with Gasteiger partial charge >= 0.3 is 0 Å². The van der Waals surface area contributed by atoms with Gasteiger partial charge in [-0.05, 0) is 30.3 Å². The standard InChI is InChI=1S/C19H14F3N3O2/c1-27-16-5-3-2-4-14(16)24-12-8-11(9-23-10-12)19(26)25-15-7-6-13(20)17(21)18(15)22/h2-10,24H,1H3,(H,25,26). The number of anilines is 3. The second kappa shape index (κ2) is 7.77.